The Balaban J connectivity index is 2.65. The second-order valence-electron chi connectivity index (χ2n) is 12.9. The normalized spacial score (nSPS) is 18.6. The maximum Gasteiger partial charge on any atom is 0.356 e. The van der Waals surface area contributed by atoms with E-state index in [2.05, 4.69) is 10.6 Å². The van der Waals surface area contributed by atoms with E-state index in [9.17, 15) is 19.2 Å². The summed E-state index contributed by atoms with van der Waals surface area (Å²) in [6, 6.07) is -0.711. The number of nitrogens with one attached hydrogen (secondary N) is 2. The molecule has 1 rings (SSSR count). The van der Waals surface area contributed by atoms with Crippen LogP contribution in [0.2, 0.25) is 0 Å². The minimum absolute atomic E-state index is 0.00712. The fraction of sp³-hybridized carbons (Fsp3) is 0.879. The van der Waals surface area contributed by atoms with Gasteiger partial charge in [0.1, 0.15) is 6.04 Å². The third-order valence-electron chi connectivity index (χ3n) is 6.63. The summed E-state index contributed by atoms with van der Waals surface area (Å²) in [5, 5.41) is 5.47. The van der Waals surface area contributed by atoms with Gasteiger partial charge in [0, 0.05) is 26.2 Å². The van der Waals surface area contributed by atoms with Crippen LogP contribution in [0.1, 0.15) is 61.8 Å². The van der Waals surface area contributed by atoms with Crippen molar-refractivity contribution in [3.05, 3.63) is 0 Å². The first-order valence-corrected chi connectivity index (χ1v) is 17.2. The minimum atomic E-state index is -1.21. The molecule has 0 aromatic heterocycles. The van der Waals surface area contributed by atoms with Gasteiger partial charge in [-0.3, -0.25) is 19.4 Å². The number of rotatable bonds is 14. The molecule has 48 heavy (non-hydrogen) atoms. The molecule has 1 fully saturated rings. The highest BCUT2D eigenvalue weighted by molar-refractivity contribution is 5.85. The van der Waals surface area contributed by atoms with Gasteiger partial charge in [-0.25, -0.2) is 9.59 Å². The lowest BCUT2D eigenvalue weighted by Crippen LogP contribution is -2.49. The van der Waals surface area contributed by atoms with E-state index in [1.165, 1.54) is 0 Å². The molecule has 0 unspecified atom stereocenters. The van der Waals surface area contributed by atoms with Crippen LogP contribution in [0.25, 0.3) is 0 Å². The summed E-state index contributed by atoms with van der Waals surface area (Å²) < 4.78 is 39.2. The summed E-state index contributed by atoms with van der Waals surface area (Å²) in [5.41, 5.74) is 0. The maximum atomic E-state index is 12.9. The predicted molar refractivity (Wildman–Crippen MR) is 178 cm³/mol. The van der Waals surface area contributed by atoms with E-state index in [4.69, 9.17) is 33.2 Å². The fourth-order valence-electron chi connectivity index (χ4n) is 4.51. The van der Waals surface area contributed by atoms with Crippen molar-refractivity contribution in [2.75, 3.05) is 92.1 Å². The van der Waals surface area contributed by atoms with Gasteiger partial charge in [-0.15, -0.1) is 0 Å². The Bertz CT molecular complexity index is 828. The van der Waals surface area contributed by atoms with Gasteiger partial charge in [-0.1, -0.05) is 13.8 Å². The van der Waals surface area contributed by atoms with Gasteiger partial charge in [-0.05, 0) is 53.9 Å². The first-order valence-electron chi connectivity index (χ1n) is 17.2. The lowest BCUT2D eigenvalue weighted by molar-refractivity contribution is -0.168. The van der Waals surface area contributed by atoms with Crippen molar-refractivity contribution >= 4 is 23.8 Å². The zero-order valence-corrected chi connectivity index (χ0v) is 30.5. The molecule has 0 spiro atoms. The molecule has 2 amide bonds. The standard InChI is InChI=1S/C33H62N4O11/c1-24(2)21-28(32(40)47-26(5)6)34-29(38)22-36-9-13-42-17-19-44-15-11-37(12-16-45-20-18-43-14-10-36)23-30(39)35-31(46-25(3)4)33(41)48-27(7)8/h24-28,31H,9-23H2,1-8H3,(H,34,38)(H,35,39)/t28-,31+/m0/s1. The van der Waals surface area contributed by atoms with Gasteiger partial charge in [-0.2, -0.15) is 0 Å². The number of nitrogens with zero attached hydrogens (tertiary/aromatic N) is 2. The summed E-state index contributed by atoms with van der Waals surface area (Å²) in [4.78, 5) is 54.6. The Morgan fingerprint density at radius 3 is 1.33 bits per heavy atom. The van der Waals surface area contributed by atoms with Crippen molar-refractivity contribution in [3.8, 4) is 0 Å². The number of hydrogen-bond acceptors (Lipinski definition) is 13. The van der Waals surface area contributed by atoms with Crippen LogP contribution in [-0.2, 0) is 52.3 Å². The summed E-state index contributed by atoms with van der Waals surface area (Å²) in [5.74, 6) is -1.54. The molecule has 280 valence electrons. The Morgan fingerprint density at radius 1 is 0.562 bits per heavy atom. The average Bonchev–Trinajstić information content (AvgIpc) is 2.97. The number of esters is 2. The largest absolute Gasteiger partial charge is 0.461 e. The van der Waals surface area contributed by atoms with Gasteiger partial charge >= 0.3 is 11.9 Å². The maximum absolute atomic E-state index is 12.9. The van der Waals surface area contributed by atoms with Crippen LogP contribution in [0.15, 0.2) is 0 Å². The second kappa shape index (κ2) is 25.6. The smallest absolute Gasteiger partial charge is 0.356 e. The molecule has 0 aromatic rings. The van der Waals surface area contributed by atoms with Crippen molar-refractivity contribution in [1.29, 1.82) is 0 Å². The summed E-state index contributed by atoms with van der Waals surface area (Å²) in [6.45, 7) is 19.3. The number of carbonyl (C=O) groups excluding carboxylic acids is 4. The van der Waals surface area contributed by atoms with Crippen LogP contribution in [0.5, 0.6) is 0 Å². The Hall–Kier alpha value is -2.40. The van der Waals surface area contributed by atoms with Crippen LogP contribution >= 0.6 is 0 Å². The first kappa shape index (κ1) is 43.6. The molecular weight excluding hydrogens is 628 g/mol. The van der Waals surface area contributed by atoms with Gasteiger partial charge in [0.05, 0.1) is 84.3 Å². The van der Waals surface area contributed by atoms with E-state index in [1.54, 1.807) is 41.5 Å². The van der Waals surface area contributed by atoms with Crippen molar-refractivity contribution in [1.82, 2.24) is 20.4 Å². The second-order valence-corrected chi connectivity index (χ2v) is 12.9. The number of hydrogen-bond donors (Lipinski definition) is 2. The van der Waals surface area contributed by atoms with Gasteiger partial charge in [0.15, 0.2) is 0 Å². The topological polar surface area (TPSA) is 163 Å². The fourth-order valence-corrected chi connectivity index (χ4v) is 4.51. The summed E-state index contributed by atoms with van der Waals surface area (Å²) in [6.07, 6.45) is -1.63. The predicted octanol–water partition coefficient (Wildman–Crippen LogP) is 0.972. The SMILES string of the molecule is CC(C)C[C@H](NC(=O)CN1CCOCCOCCN(CC(=O)N[C@H](OC(C)C)C(=O)OC(C)C)CCOCCOCC1)C(=O)OC(C)C. The average molecular weight is 691 g/mol. The van der Waals surface area contributed by atoms with Gasteiger partial charge < -0.3 is 43.8 Å². The lowest BCUT2D eigenvalue weighted by atomic mass is 10.0. The van der Waals surface area contributed by atoms with Crippen LogP contribution in [0.3, 0.4) is 0 Å². The van der Waals surface area contributed by atoms with Gasteiger partial charge in [0.25, 0.3) is 0 Å². The zero-order chi connectivity index (χ0) is 35.9. The molecule has 15 nitrogen and oxygen atoms in total. The van der Waals surface area contributed by atoms with Crippen LogP contribution in [0, 0.1) is 5.92 Å². The molecule has 0 aromatic carbocycles. The number of amides is 2. The first-order chi connectivity index (χ1) is 22.8. The van der Waals surface area contributed by atoms with Gasteiger partial charge in [0.2, 0.25) is 18.0 Å². The highest BCUT2D eigenvalue weighted by Gasteiger charge is 2.27. The molecule has 1 heterocycles. The monoisotopic (exact) mass is 690 g/mol. The van der Waals surface area contributed by atoms with Crippen LogP contribution < -0.4 is 10.6 Å². The third kappa shape index (κ3) is 22.3. The third-order valence-corrected chi connectivity index (χ3v) is 6.63. The molecule has 1 aliphatic rings. The molecule has 15 heteroatoms. The summed E-state index contributed by atoms with van der Waals surface area (Å²) >= 11 is 0. The number of carbonyl (C=O) groups is 4. The van der Waals surface area contributed by atoms with Crippen LogP contribution in [0.4, 0.5) is 0 Å². The Morgan fingerprint density at radius 2 is 0.958 bits per heavy atom. The van der Waals surface area contributed by atoms with Crippen molar-refractivity contribution in [3.63, 3.8) is 0 Å². The molecule has 2 atom stereocenters. The Kier molecular flexibility index (Phi) is 23.2. The molecule has 0 saturated carbocycles. The molecule has 1 aliphatic heterocycles. The Labute approximate surface area is 286 Å². The van der Waals surface area contributed by atoms with Crippen LogP contribution in [-0.4, -0.2) is 156 Å². The van der Waals surface area contributed by atoms with E-state index < -0.39 is 24.2 Å². The molecule has 0 aliphatic carbocycles. The molecule has 0 bridgehead atoms. The molecule has 2 N–H and O–H groups in total. The van der Waals surface area contributed by atoms with Crippen molar-refractivity contribution in [2.24, 2.45) is 5.92 Å². The zero-order valence-electron chi connectivity index (χ0n) is 30.5. The van der Waals surface area contributed by atoms with Crippen molar-refractivity contribution in [2.45, 2.75) is 92.4 Å². The number of ether oxygens (including phenoxy) is 7. The van der Waals surface area contributed by atoms with E-state index in [0.29, 0.717) is 85.5 Å². The van der Waals surface area contributed by atoms with E-state index >= 15 is 0 Å². The highest BCUT2D eigenvalue weighted by Crippen LogP contribution is 2.08. The lowest BCUT2D eigenvalue weighted by Gasteiger charge is -2.25. The highest BCUT2D eigenvalue weighted by atomic mass is 16.6. The van der Waals surface area contributed by atoms with E-state index in [-0.39, 0.29) is 49.1 Å². The van der Waals surface area contributed by atoms with E-state index in [1.807, 2.05) is 23.6 Å². The van der Waals surface area contributed by atoms with Crippen molar-refractivity contribution < 1.29 is 52.3 Å². The molecule has 0 radical (unpaired) electrons. The molecular formula is C33H62N4O11. The minimum Gasteiger partial charge on any atom is -0.461 e. The van der Waals surface area contributed by atoms with E-state index in [0.717, 1.165) is 0 Å². The quantitative estimate of drug-likeness (QED) is 0.196. The summed E-state index contributed by atoms with van der Waals surface area (Å²) in [7, 11) is 0. The molecule has 1 saturated heterocycles.